The number of alkyl halides is 3. The summed E-state index contributed by atoms with van der Waals surface area (Å²) in [5.74, 6) is -4.97. The van der Waals surface area contributed by atoms with Gasteiger partial charge in [0.2, 0.25) is 5.95 Å². The highest BCUT2D eigenvalue weighted by Gasteiger charge is 2.34. The van der Waals surface area contributed by atoms with Crippen molar-refractivity contribution in [3.63, 3.8) is 0 Å². The highest BCUT2D eigenvalue weighted by molar-refractivity contribution is 5.72. The Balaban J connectivity index is 2.38. The van der Waals surface area contributed by atoms with Gasteiger partial charge in [0, 0.05) is 6.07 Å². The van der Waals surface area contributed by atoms with Gasteiger partial charge in [-0.2, -0.15) is 18.2 Å². The number of aliphatic carboxylic acids is 1. The molecule has 0 saturated heterocycles. The van der Waals surface area contributed by atoms with Crippen molar-refractivity contribution < 1.29 is 31.9 Å². The summed E-state index contributed by atoms with van der Waals surface area (Å²) in [6.45, 7) is -0.727. The molecule has 0 fully saturated rings. The van der Waals surface area contributed by atoms with Crippen LogP contribution in [0.5, 0.6) is 0 Å². The number of rotatable bonds is 5. The van der Waals surface area contributed by atoms with Gasteiger partial charge in [-0.05, 0) is 12.1 Å². The fourth-order valence-electron chi connectivity index (χ4n) is 1.63. The molecular weight excluding hydrogens is 339 g/mol. The molecule has 1 heterocycles. The Morgan fingerprint density at radius 3 is 2.54 bits per heavy atom. The third-order valence-corrected chi connectivity index (χ3v) is 2.63. The highest BCUT2D eigenvalue weighted by atomic mass is 19.4. The number of aromatic nitrogens is 2. The van der Waals surface area contributed by atoms with Crippen LogP contribution in [0.15, 0.2) is 24.3 Å². The molecule has 1 aromatic heterocycles. The summed E-state index contributed by atoms with van der Waals surface area (Å²) in [5.41, 5.74) is -1.82. The van der Waals surface area contributed by atoms with Crippen LogP contribution in [-0.4, -0.2) is 27.6 Å². The van der Waals surface area contributed by atoms with Crippen LogP contribution < -0.4 is 10.6 Å². The van der Waals surface area contributed by atoms with Crippen LogP contribution in [0.3, 0.4) is 0 Å². The first kappa shape index (κ1) is 17.4. The average molecular weight is 348 g/mol. The number of benzene rings is 1. The molecule has 1 aromatic carbocycles. The number of hydrogen-bond acceptors (Lipinski definition) is 5. The van der Waals surface area contributed by atoms with Gasteiger partial charge in [-0.25, -0.2) is 13.8 Å². The molecule has 24 heavy (non-hydrogen) atoms. The number of carbonyl (C=O) groups is 1. The summed E-state index contributed by atoms with van der Waals surface area (Å²) in [7, 11) is 0. The van der Waals surface area contributed by atoms with Gasteiger partial charge in [0.15, 0.2) is 17.3 Å². The Morgan fingerprint density at radius 1 is 1.21 bits per heavy atom. The molecule has 3 N–H and O–H groups in total. The smallest absolute Gasteiger partial charge is 0.433 e. The maximum atomic E-state index is 13.6. The van der Waals surface area contributed by atoms with Crippen LogP contribution in [0.2, 0.25) is 0 Å². The van der Waals surface area contributed by atoms with E-state index in [1.54, 1.807) is 0 Å². The van der Waals surface area contributed by atoms with Gasteiger partial charge in [0.1, 0.15) is 12.4 Å². The zero-order chi connectivity index (χ0) is 17.9. The third kappa shape index (κ3) is 4.27. The number of hydrogen-bond donors (Lipinski definition) is 3. The van der Waals surface area contributed by atoms with Gasteiger partial charge in [-0.1, -0.05) is 6.07 Å². The fourth-order valence-corrected chi connectivity index (χ4v) is 1.63. The van der Waals surface area contributed by atoms with Crippen molar-refractivity contribution in [1.82, 2.24) is 9.97 Å². The van der Waals surface area contributed by atoms with Gasteiger partial charge in [-0.15, -0.1) is 0 Å². The molecule has 128 valence electrons. The summed E-state index contributed by atoms with van der Waals surface area (Å²) in [6.07, 6.45) is -4.85. The highest BCUT2D eigenvalue weighted by Crippen LogP contribution is 2.30. The van der Waals surface area contributed by atoms with Crippen LogP contribution >= 0.6 is 0 Å². The van der Waals surface area contributed by atoms with E-state index < -0.39 is 53.5 Å². The van der Waals surface area contributed by atoms with Crippen molar-refractivity contribution in [2.75, 3.05) is 17.2 Å². The van der Waals surface area contributed by atoms with E-state index in [0.29, 0.717) is 6.07 Å². The summed E-state index contributed by atoms with van der Waals surface area (Å²) < 4.78 is 65.2. The van der Waals surface area contributed by atoms with E-state index in [1.807, 2.05) is 0 Å². The second kappa shape index (κ2) is 6.64. The van der Waals surface area contributed by atoms with E-state index in [-0.39, 0.29) is 0 Å². The lowest BCUT2D eigenvalue weighted by Gasteiger charge is -2.12. The van der Waals surface area contributed by atoms with E-state index in [0.717, 1.165) is 18.2 Å². The molecule has 0 saturated carbocycles. The Morgan fingerprint density at radius 2 is 1.92 bits per heavy atom. The Kier molecular flexibility index (Phi) is 4.81. The number of nitrogens with zero attached hydrogens (tertiary/aromatic N) is 2. The molecule has 2 aromatic rings. The maximum Gasteiger partial charge on any atom is 0.433 e. The van der Waals surface area contributed by atoms with Crippen molar-refractivity contribution in [3.05, 3.63) is 41.6 Å². The number of halogens is 5. The lowest BCUT2D eigenvalue weighted by atomic mass is 10.3. The van der Waals surface area contributed by atoms with Crippen LogP contribution in [0.4, 0.5) is 39.4 Å². The minimum absolute atomic E-state index is 0.439. The first-order valence-corrected chi connectivity index (χ1v) is 6.30. The van der Waals surface area contributed by atoms with Crippen LogP contribution in [-0.2, 0) is 11.0 Å². The van der Waals surface area contributed by atoms with Crippen LogP contribution in [0.1, 0.15) is 5.69 Å². The van der Waals surface area contributed by atoms with Crippen molar-refractivity contribution in [3.8, 4) is 0 Å². The Bertz CT molecular complexity index is 767. The Labute approximate surface area is 131 Å². The largest absolute Gasteiger partial charge is 0.480 e. The minimum atomic E-state index is -4.85. The van der Waals surface area contributed by atoms with Gasteiger partial charge >= 0.3 is 12.1 Å². The molecule has 6 nitrogen and oxygen atoms in total. The van der Waals surface area contributed by atoms with Gasteiger partial charge in [-0.3, -0.25) is 4.79 Å². The molecule has 0 aliphatic heterocycles. The number of anilines is 3. The first-order chi connectivity index (χ1) is 11.2. The van der Waals surface area contributed by atoms with E-state index in [9.17, 15) is 26.7 Å². The van der Waals surface area contributed by atoms with E-state index >= 15 is 0 Å². The first-order valence-electron chi connectivity index (χ1n) is 6.30. The lowest BCUT2D eigenvalue weighted by Crippen LogP contribution is -2.17. The second-order valence-corrected chi connectivity index (χ2v) is 4.43. The van der Waals surface area contributed by atoms with Crippen molar-refractivity contribution >= 4 is 23.4 Å². The minimum Gasteiger partial charge on any atom is -0.480 e. The molecular formula is C13H9F5N4O2. The molecule has 0 unspecified atom stereocenters. The molecule has 2 rings (SSSR count). The van der Waals surface area contributed by atoms with Crippen molar-refractivity contribution in [1.29, 1.82) is 0 Å². The molecule has 0 radical (unpaired) electrons. The molecule has 0 bridgehead atoms. The number of nitrogens with one attached hydrogen (secondary N) is 2. The quantitative estimate of drug-likeness (QED) is 0.720. The van der Waals surface area contributed by atoms with Gasteiger partial charge in [0.05, 0.1) is 5.69 Å². The van der Waals surface area contributed by atoms with Crippen molar-refractivity contribution in [2.45, 2.75) is 6.18 Å². The lowest BCUT2D eigenvalue weighted by molar-refractivity contribution is -0.141. The molecule has 11 heteroatoms. The molecule has 0 atom stereocenters. The monoisotopic (exact) mass is 348 g/mol. The normalized spacial score (nSPS) is 11.2. The molecule has 0 aliphatic rings. The maximum absolute atomic E-state index is 13.6. The van der Waals surface area contributed by atoms with Crippen LogP contribution in [0, 0.1) is 11.6 Å². The predicted octanol–water partition coefficient (Wildman–Crippen LogP) is 3.01. The zero-order valence-corrected chi connectivity index (χ0v) is 11.7. The summed E-state index contributed by atoms with van der Waals surface area (Å²) in [5, 5.41) is 12.8. The summed E-state index contributed by atoms with van der Waals surface area (Å²) in [6, 6.07) is 3.56. The topological polar surface area (TPSA) is 87.1 Å². The molecule has 0 spiro atoms. The molecule has 0 aliphatic carbocycles. The predicted molar refractivity (Wildman–Crippen MR) is 72.8 cm³/mol. The van der Waals surface area contributed by atoms with Crippen molar-refractivity contribution in [2.24, 2.45) is 0 Å². The second-order valence-electron chi connectivity index (χ2n) is 4.43. The SMILES string of the molecule is O=C(O)CNc1nc(Nc2cccc(F)c2F)cc(C(F)(F)F)n1. The summed E-state index contributed by atoms with van der Waals surface area (Å²) in [4.78, 5) is 17.2. The standard InChI is InChI=1S/C13H9F5N4O2/c14-6-2-1-3-7(11(6)15)20-9-4-8(13(16,17)18)21-12(22-9)19-5-10(23)24/h1-4H,5H2,(H,23,24)(H2,19,20,21,22). The number of carboxylic acid groups (broad SMARTS) is 1. The zero-order valence-electron chi connectivity index (χ0n) is 11.7. The van der Waals surface area contributed by atoms with E-state index in [4.69, 9.17) is 5.11 Å². The van der Waals surface area contributed by atoms with E-state index in [2.05, 4.69) is 20.6 Å². The molecule has 0 amide bonds. The third-order valence-electron chi connectivity index (χ3n) is 2.63. The average Bonchev–Trinajstić information content (AvgIpc) is 2.49. The van der Waals surface area contributed by atoms with Gasteiger partial charge < -0.3 is 15.7 Å². The Hall–Kier alpha value is -2.98. The van der Waals surface area contributed by atoms with Crippen LogP contribution in [0.25, 0.3) is 0 Å². The fraction of sp³-hybridized carbons (Fsp3) is 0.154. The van der Waals surface area contributed by atoms with Gasteiger partial charge in [0.25, 0.3) is 0 Å². The number of carboxylic acids is 1. The van der Waals surface area contributed by atoms with E-state index in [1.165, 1.54) is 0 Å². The summed E-state index contributed by atoms with van der Waals surface area (Å²) >= 11 is 0.